The molecule has 10 heteroatoms. The first-order chi connectivity index (χ1) is 12.2. The highest BCUT2D eigenvalue weighted by Crippen LogP contribution is 2.28. The van der Waals surface area contributed by atoms with Crippen LogP contribution < -0.4 is 21.9 Å². The number of rotatable bonds is 3. The third-order valence-electron chi connectivity index (χ3n) is 2.90. The van der Waals surface area contributed by atoms with Crippen molar-refractivity contribution in [3.05, 3.63) is 53.7 Å². The molecule has 0 atom stereocenters. The molecule has 0 spiro atoms. The second-order valence-corrected chi connectivity index (χ2v) is 4.81. The fraction of sp³-hybridized carbons (Fsp3) is 0.188. The van der Waals surface area contributed by atoms with Gasteiger partial charge in [-0.2, -0.15) is 18.2 Å². The molecule has 0 saturated carbocycles. The fourth-order valence-corrected chi connectivity index (χ4v) is 1.55. The van der Waals surface area contributed by atoms with Crippen LogP contribution in [-0.2, 0) is 6.18 Å². The summed E-state index contributed by atoms with van der Waals surface area (Å²) in [5.41, 5.74) is 15.3. The van der Waals surface area contributed by atoms with Crippen LogP contribution in [0.2, 0.25) is 0 Å². The zero-order valence-corrected chi connectivity index (χ0v) is 13.8. The molecule has 0 aliphatic heterocycles. The van der Waals surface area contributed by atoms with Crippen LogP contribution in [0.5, 0.6) is 5.75 Å². The van der Waals surface area contributed by atoms with Gasteiger partial charge in [-0.05, 0) is 36.4 Å². The zero-order valence-electron chi connectivity index (χ0n) is 13.8. The molecule has 1 heterocycles. The first-order valence-electron chi connectivity index (χ1n) is 7.17. The van der Waals surface area contributed by atoms with Gasteiger partial charge < -0.3 is 21.9 Å². The molecule has 0 radical (unpaired) electrons. The molecule has 6 N–H and O–H groups in total. The highest BCUT2D eigenvalue weighted by atomic mass is 19.4. The lowest BCUT2D eigenvalue weighted by atomic mass is 10.2. The normalized spacial score (nSPS) is 11.3. The minimum absolute atomic E-state index is 0.0713. The summed E-state index contributed by atoms with van der Waals surface area (Å²) in [6.45, 7) is 0.0713. The Balaban J connectivity index is 0.000000273. The van der Waals surface area contributed by atoms with E-state index >= 15 is 0 Å². The lowest BCUT2D eigenvalue weighted by Crippen LogP contribution is -2.24. The highest BCUT2D eigenvalue weighted by molar-refractivity contribution is 6.03. The molecule has 2 rings (SSSR count). The van der Waals surface area contributed by atoms with Crippen molar-refractivity contribution in [3.63, 3.8) is 0 Å². The Morgan fingerprint density at radius 3 is 2.23 bits per heavy atom. The summed E-state index contributed by atoms with van der Waals surface area (Å²) in [6.07, 6.45) is -3.63. The van der Waals surface area contributed by atoms with Crippen molar-refractivity contribution in [1.82, 2.24) is 4.98 Å². The van der Waals surface area contributed by atoms with Crippen molar-refractivity contribution < 1.29 is 22.7 Å². The number of halogens is 3. The molecule has 0 fully saturated rings. The lowest BCUT2D eigenvalue weighted by Gasteiger charge is -2.04. The summed E-state index contributed by atoms with van der Waals surface area (Å²) < 4.78 is 40.5. The highest BCUT2D eigenvalue weighted by Gasteiger charge is 2.30. The molecule has 1 aromatic heterocycles. The largest absolute Gasteiger partial charge is 0.497 e. The number of hydrogen-bond donors (Lipinski definition) is 3. The van der Waals surface area contributed by atoms with Crippen molar-refractivity contribution in [2.75, 3.05) is 19.4 Å². The minimum atomic E-state index is -4.33. The molecule has 26 heavy (non-hydrogen) atoms. The van der Waals surface area contributed by atoms with E-state index in [9.17, 15) is 18.0 Å². The van der Waals surface area contributed by atoms with Crippen LogP contribution in [-0.4, -0.2) is 30.4 Å². The number of amidine groups is 1. The van der Waals surface area contributed by atoms with E-state index in [2.05, 4.69) is 9.98 Å². The van der Waals surface area contributed by atoms with Gasteiger partial charge in [0, 0.05) is 11.8 Å². The van der Waals surface area contributed by atoms with E-state index < -0.39 is 17.6 Å². The van der Waals surface area contributed by atoms with Crippen molar-refractivity contribution in [2.24, 2.45) is 16.5 Å². The lowest BCUT2D eigenvalue weighted by molar-refractivity contribution is -0.137. The van der Waals surface area contributed by atoms with Crippen LogP contribution in [0.3, 0.4) is 0 Å². The number of amides is 1. The average Bonchev–Trinajstić information content (AvgIpc) is 2.61. The fourth-order valence-electron chi connectivity index (χ4n) is 1.55. The van der Waals surface area contributed by atoms with E-state index in [1.165, 1.54) is 0 Å². The number of aliphatic imine (C=N–C) groups is 1. The van der Waals surface area contributed by atoms with Crippen LogP contribution in [0, 0.1) is 0 Å². The number of ether oxygens (including phenoxy) is 1. The Morgan fingerprint density at radius 1 is 1.19 bits per heavy atom. The second kappa shape index (κ2) is 9.37. The van der Waals surface area contributed by atoms with Crippen molar-refractivity contribution in [1.29, 1.82) is 0 Å². The standard InChI is InChI=1S/C10H13N3O2.C6H5F3N2/c1-15-8-4-2-7(3-5-8)10(14)13-9(12)6-11;7-6(8,9)4-1-2-5(10)11-3-4/h2-5H,6,11H2,1H3,(H2,12,13,14);1-3H,(H2,10,11). The van der Waals surface area contributed by atoms with Crippen LogP contribution in [0.15, 0.2) is 47.6 Å². The number of aromatic nitrogens is 1. The molecule has 1 amide bonds. The Bertz CT molecular complexity index is 744. The summed E-state index contributed by atoms with van der Waals surface area (Å²) in [5.74, 6) is 0.483. The smallest absolute Gasteiger partial charge is 0.417 e. The molecule has 0 aliphatic carbocycles. The molecule has 140 valence electrons. The van der Waals surface area contributed by atoms with Crippen molar-refractivity contribution >= 4 is 17.6 Å². The van der Waals surface area contributed by atoms with E-state index in [0.717, 1.165) is 12.1 Å². The molecule has 1 aromatic carbocycles. The summed E-state index contributed by atoms with van der Waals surface area (Å²) >= 11 is 0. The number of carbonyl (C=O) groups excluding carboxylic acids is 1. The van der Waals surface area contributed by atoms with E-state index in [0.29, 0.717) is 17.5 Å². The summed E-state index contributed by atoms with van der Waals surface area (Å²) in [4.78, 5) is 18.4. The molecular formula is C16H18F3N5O2. The Labute approximate surface area is 147 Å². The van der Waals surface area contributed by atoms with Crippen LogP contribution >= 0.6 is 0 Å². The molecule has 7 nitrogen and oxygen atoms in total. The first-order valence-corrected chi connectivity index (χ1v) is 7.17. The number of hydrogen-bond acceptors (Lipinski definition) is 5. The molecular weight excluding hydrogens is 351 g/mol. The SMILES string of the molecule is COc1ccc(C(=O)N=C(N)CN)cc1.Nc1ccc(C(F)(F)F)cn1. The molecule has 0 bridgehead atoms. The minimum Gasteiger partial charge on any atom is -0.497 e. The van der Waals surface area contributed by atoms with Gasteiger partial charge >= 0.3 is 6.18 Å². The third-order valence-corrected chi connectivity index (χ3v) is 2.90. The van der Waals surface area contributed by atoms with Gasteiger partial charge in [0.05, 0.1) is 19.2 Å². The number of nitrogens with zero attached hydrogens (tertiary/aromatic N) is 2. The number of benzene rings is 1. The van der Waals surface area contributed by atoms with Gasteiger partial charge in [0.1, 0.15) is 17.4 Å². The maximum absolute atomic E-state index is 11.8. The Morgan fingerprint density at radius 2 is 1.81 bits per heavy atom. The number of alkyl halides is 3. The average molecular weight is 369 g/mol. The molecule has 0 aliphatic rings. The van der Waals surface area contributed by atoms with Crippen molar-refractivity contribution in [2.45, 2.75) is 6.18 Å². The zero-order chi connectivity index (χ0) is 19.7. The molecule has 0 unspecified atom stereocenters. The Hall–Kier alpha value is -3.14. The molecule has 0 saturated heterocycles. The maximum Gasteiger partial charge on any atom is 0.417 e. The predicted molar refractivity (Wildman–Crippen MR) is 91.7 cm³/mol. The van der Waals surface area contributed by atoms with Crippen molar-refractivity contribution in [3.8, 4) is 5.75 Å². The number of pyridine rings is 1. The summed E-state index contributed by atoms with van der Waals surface area (Å²) in [5, 5.41) is 0. The topological polar surface area (TPSA) is 130 Å². The van der Waals surface area contributed by atoms with E-state index in [1.807, 2.05) is 0 Å². The van der Waals surface area contributed by atoms with E-state index in [-0.39, 0.29) is 18.2 Å². The van der Waals surface area contributed by atoms with Gasteiger partial charge in [-0.3, -0.25) is 4.79 Å². The van der Waals surface area contributed by atoms with Gasteiger partial charge in [-0.1, -0.05) is 0 Å². The van der Waals surface area contributed by atoms with E-state index in [1.54, 1.807) is 31.4 Å². The maximum atomic E-state index is 11.8. The number of anilines is 1. The number of carbonyl (C=O) groups is 1. The number of nitrogen functional groups attached to an aromatic ring is 1. The van der Waals surface area contributed by atoms with Gasteiger partial charge in [-0.25, -0.2) is 4.98 Å². The van der Waals surface area contributed by atoms with Crippen LogP contribution in [0.25, 0.3) is 0 Å². The van der Waals surface area contributed by atoms with E-state index in [4.69, 9.17) is 21.9 Å². The third kappa shape index (κ3) is 6.77. The van der Waals surface area contributed by atoms with Crippen LogP contribution in [0.1, 0.15) is 15.9 Å². The summed E-state index contributed by atoms with van der Waals surface area (Å²) in [6, 6.07) is 8.61. The number of nitrogens with two attached hydrogens (primary N) is 3. The monoisotopic (exact) mass is 369 g/mol. The summed E-state index contributed by atoms with van der Waals surface area (Å²) in [7, 11) is 1.56. The second-order valence-electron chi connectivity index (χ2n) is 4.81. The first kappa shape index (κ1) is 20.9. The van der Waals surface area contributed by atoms with Gasteiger partial charge in [0.15, 0.2) is 0 Å². The molecule has 2 aromatic rings. The predicted octanol–water partition coefficient (Wildman–Crippen LogP) is 1.83. The van der Waals surface area contributed by atoms with Gasteiger partial charge in [0.2, 0.25) is 0 Å². The quantitative estimate of drug-likeness (QED) is 0.559. The van der Waals surface area contributed by atoms with Gasteiger partial charge in [-0.15, -0.1) is 0 Å². The van der Waals surface area contributed by atoms with Crippen LogP contribution in [0.4, 0.5) is 19.0 Å². The number of methoxy groups -OCH3 is 1. The Kier molecular flexibility index (Phi) is 7.53. The van der Waals surface area contributed by atoms with Gasteiger partial charge in [0.25, 0.3) is 5.91 Å².